The van der Waals surface area contributed by atoms with E-state index in [1.54, 1.807) is 26.8 Å². The summed E-state index contributed by atoms with van der Waals surface area (Å²) in [6.45, 7) is 12.7. The van der Waals surface area contributed by atoms with Crippen molar-refractivity contribution >= 4 is 23.6 Å². The maximum absolute atomic E-state index is 14.3. The summed E-state index contributed by atoms with van der Waals surface area (Å²) in [5, 5.41) is 8.70. The van der Waals surface area contributed by atoms with Crippen molar-refractivity contribution in [1.82, 2.24) is 9.88 Å². The topological polar surface area (TPSA) is 83.3 Å². The van der Waals surface area contributed by atoms with Crippen LogP contribution < -0.4 is 0 Å². The van der Waals surface area contributed by atoms with E-state index in [1.165, 1.54) is 0 Å². The number of hydrogen-bond donors (Lipinski definition) is 0. The van der Waals surface area contributed by atoms with Gasteiger partial charge < -0.3 is 4.74 Å². The lowest BCUT2D eigenvalue weighted by molar-refractivity contribution is 0.0247. The predicted molar refractivity (Wildman–Crippen MR) is 118 cm³/mol. The zero-order valence-corrected chi connectivity index (χ0v) is 19.9. The van der Waals surface area contributed by atoms with Crippen LogP contribution in [0.25, 0.3) is 11.3 Å². The molecule has 1 aliphatic rings. The standard InChI is InChI=1S/C19H14ClF2N3O3.2C2H6/c1-19(2,3)28-18(27)25-8-14-15(17(25)26)10(20)6-13(24-14)16-11(21)4-9(7-23)5-12(16)22;2*1-2/h4-6H,8H2,1-3H3;2*1-2H3. The lowest BCUT2D eigenvalue weighted by atomic mass is 10.1. The van der Waals surface area contributed by atoms with Crippen molar-refractivity contribution in [3.63, 3.8) is 0 Å². The fourth-order valence-corrected chi connectivity index (χ4v) is 3.03. The summed E-state index contributed by atoms with van der Waals surface area (Å²) in [7, 11) is 0. The Balaban J connectivity index is 0.00000121. The molecule has 0 saturated carbocycles. The minimum absolute atomic E-state index is 0.0225. The van der Waals surface area contributed by atoms with Crippen molar-refractivity contribution in [2.24, 2.45) is 0 Å². The Labute approximate surface area is 191 Å². The lowest BCUT2D eigenvalue weighted by Gasteiger charge is -2.23. The molecule has 9 heteroatoms. The Bertz CT molecular complexity index is 1040. The number of halogens is 3. The maximum Gasteiger partial charge on any atom is 0.417 e. The summed E-state index contributed by atoms with van der Waals surface area (Å²) >= 11 is 6.15. The van der Waals surface area contributed by atoms with Gasteiger partial charge in [-0.2, -0.15) is 5.26 Å². The number of ether oxygens (including phenoxy) is 1. The molecular formula is C23H26ClF2N3O3. The molecule has 0 atom stereocenters. The van der Waals surface area contributed by atoms with Gasteiger partial charge in [-0.15, -0.1) is 0 Å². The third kappa shape index (κ3) is 5.80. The van der Waals surface area contributed by atoms with Crippen LogP contribution in [0.2, 0.25) is 5.02 Å². The first kappa shape index (κ1) is 27.0. The van der Waals surface area contributed by atoms with E-state index >= 15 is 0 Å². The highest BCUT2D eigenvalue weighted by Gasteiger charge is 2.38. The number of benzene rings is 1. The van der Waals surface area contributed by atoms with Crippen molar-refractivity contribution in [1.29, 1.82) is 5.26 Å². The second-order valence-electron chi connectivity index (χ2n) is 7.11. The molecule has 1 aliphatic heterocycles. The lowest BCUT2D eigenvalue weighted by Crippen LogP contribution is -2.36. The van der Waals surface area contributed by atoms with E-state index < -0.39 is 34.8 Å². The molecule has 0 N–H and O–H groups in total. The zero-order chi connectivity index (χ0) is 24.8. The van der Waals surface area contributed by atoms with Gasteiger partial charge in [0.15, 0.2) is 0 Å². The molecule has 1 aromatic heterocycles. The van der Waals surface area contributed by atoms with E-state index in [-0.39, 0.29) is 34.1 Å². The Hall–Kier alpha value is -3.05. The molecule has 2 amide bonds. The zero-order valence-electron chi connectivity index (χ0n) is 19.1. The van der Waals surface area contributed by atoms with Gasteiger partial charge in [-0.3, -0.25) is 4.79 Å². The number of fused-ring (bicyclic) bond motifs is 1. The van der Waals surface area contributed by atoms with Gasteiger partial charge in [-0.05, 0) is 39.0 Å². The minimum atomic E-state index is -0.992. The van der Waals surface area contributed by atoms with Crippen molar-refractivity contribution in [3.05, 3.63) is 51.7 Å². The molecule has 0 fully saturated rings. The first-order chi connectivity index (χ1) is 15.0. The fraction of sp³-hybridized carbons (Fsp3) is 0.391. The quantitative estimate of drug-likeness (QED) is 0.480. The summed E-state index contributed by atoms with van der Waals surface area (Å²) in [6.07, 6.45) is -0.871. The van der Waals surface area contributed by atoms with Crippen LogP contribution in [0.4, 0.5) is 13.6 Å². The Kier molecular flexibility index (Phi) is 9.28. The third-order valence-electron chi connectivity index (χ3n) is 3.85. The molecule has 0 aliphatic carbocycles. The summed E-state index contributed by atoms with van der Waals surface area (Å²) in [5.74, 6) is -2.68. The van der Waals surface area contributed by atoms with Gasteiger partial charge in [0.1, 0.15) is 17.2 Å². The number of aromatic nitrogens is 1. The number of nitrogens with zero attached hydrogens (tertiary/aromatic N) is 3. The van der Waals surface area contributed by atoms with E-state index in [9.17, 15) is 18.4 Å². The molecule has 172 valence electrons. The largest absolute Gasteiger partial charge is 0.443 e. The molecule has 2 heterocycles. The monoisotopic (exact) mass is 465 g/mol. The first-order valence-electron chi connectivity index (χ1n) is 10.2. The molecule has 3 rings (SSSR count). The molecule has 2 aromatic rings. The molecule has 6 nitrogen and oxygen atoms in total. The second kappa shape index (κ2) is 11.0. The summed E-state index contributed by atoms with van der Waals surface area (Å²) in [4.78, 5) is 29.7. The fourth-order valence-electron chi connectivity index (χ4n) is 2.74. The van der Waals surface area contributed by atoms with E-state index in [2.05, 4.69) is 4.98 Å². The molecular weight excluding hydrogens is 440 g/mol. The second-order valence-corrected chi connectivity index (χ2v) is 7.52. The average molecular weight is 466 g/mol. The predicted octanol–water partition coefficient (Wildman–Crippen LogP) is 6.50. The first-order valence-corrected chi connectivity index (χ1v) is 10.5. The van der Waals surface area contributed by atoms with Gasteiger partial charge in [-0.1, -0.05) is 39.3 Å². The van der Waals surface area contributed by atoms with Crippen LogP contribution >= 0.6 is 11.6 Å². The van der Waals surface area contributed by atoms with Crippen molar-refractivity contribution < 1.29 is 23.1 Å². The van der Waals surface area contributed by atoms with Crippen LogP contribution in [0.1, 0.15) is 70.1 Å². The minimum Gasteiger partial charge on any atom is -0.443 e. The van der Waals surface area contributed by atoms with Crippen LogP contribution in [-0.2, 0) is 11.3 Å². The average Bonchev–Trinajstić information content (AvgIpc) is 3.06. The van der Waals surface area contributed by atoms with Gasteiger partial charge in [0.2, 0.25) is 0 Å². The SMILES string of the molecule is CC.CC.CC(C)(C)OC(=O)N1Cc2nc(-c3c(F)cc(C#N)cc3F)cc(Cl)c2C1=O. The van der Waals surface area contributed by atoms with Gasteiger partial charge in [-0.25, -0.2) is 23.5 Å². The highest BCUT2D eigenvalue weighted by atomic mass is 35.5. The van der Waals surface area contributed by atoms with Crippen molar-refractivity contribution in [2.75, 3.05) is 0 Å². The Morgan fingerprint density at radius 3 is 2.12 bits per heavy atom. The molecule has 1 aromatic carbocycles. The van der Waals surface area contributed by atoms with Gasteiger partial charge in [0.25, 0.3) is 5.91 Å². The van der Waals surface area contributed by atoms with E-state index in [0.29, 0.717) is 0 Å². The molecule has 0 radical (unpaired) electrons. The Morgan fingerprint density at radius 2 is 1.66 bits per heavy atom. The highest BCUT2D eigenvalue weighted by molar-refractivity contribution is 6.34. The number of amides is 2. The molecule has 0 saturated heterocycles. The molecule has 0 bridgehead atoms. The number of nitriles is 1. The summed E-state index contributed by atoms with van der Waals surface area (Å²) in [6, 6.07) is 4.55. The molecule has 0 spiro atoms. The van der Waals surface area contributed by atoms with E-state index in [1.807, 2.05) is 27.7 Å². The normalized spacial score (nSPS) is 12.0. The number of carbonyl (C=O) groups excluding carboxylic acids is 2. The van der Waals surface area contributed by atoms with Crippen LogP contribution in [-0.4, -0.2) is 27.5 Å². The third-order valence-corrected chi connectivity index (χ3v) is 4.15. The maximum atomic E-state index is 14.3. The number of hydrogen-bond acceptors (Lipinski definition) is 5. The molecule has 0 unspecified atom stereocenters. The van der Waals surface area contributed by atoms with Crippen LogP contribution in [0, 0.1) is 23.0 Å². The van der Waals surface area contributed by atoms with Crippen molar-refractivity contribution in [3.8, 4) is 17.3 Å². The number of imide groups is 1. The van der Waals surface area contributed by atoms with Crippen LogP contribution in [0.15, 0.2) is 18.2 Å². The van der Waals surface area contributed by atoms with Gasteiger partial charge in [0, 0.05) is 0 Å². The number of carbonyl (C=O) groups is 2. The van der Waals surface area contributed by atoms with Crippen LogP contribution in [0.5, 0.6) is 0 Å². The van der Waals surface area contributed by atoms with Crippen molar-refractivity contribution in [2.45, 2.75) is 60.6 Å². The summed E-state index contributed by atoms with van der Waals surface area (Å²) < 4.78 is 33.8. The Morgan fingerprint density at radius 1 is 1.12 bits per heavy atom. The van der Waals surface area contributed by atoms with Crippen LogP contribution in [0.3, 0.4) is 0 Å². The van der Waals surface area contributed by atoms with Gasteiger partial charge in [0.05, 0.1) is 45.7 Å². The highest BCUT2D eigenvalue weighted by Crippen LogP contribution is 2.34. The van der Waals surface area contributed by atoms with E-state index in [0.717, 1.165) is 23.1 Å². The number of rotatable bonds is 1. The molecule has 32 heavy (non-hydrogen) atoms. The summed E-state index contributed by atoms with van der Waals surface area (Å²) in [5.41, 5.74) is -1.55. The number of pyridine rings is 1. The van der Waals surface area contributed by atoms with Gasteiger partial charge >= 0.3 is 6.09 Å². The van der Waals surface area contributed by atoms with E-state index in [4.69, 9.17) is 21.6 Å². The smallest absolute Gasteiger partial charge is 0.417 e.